The van der Waals surface area contributed by atoms with Gasteiger partial charge in [-0.25, -0.2) is 0 Å². The van der Waals surface area contributed by atoms with Crippen molar-refractivity contribution in [1.29, 1.82) is 0 Å². The van der Waals surface area contributed by atoms with Gasteiger partial charge in [0.25, 0.3) is 0 Å². The number of aromatic nitrogens is 1. The maximum atomic E-state index is 11.4. The molecule has 0 radical (unpaired) electrons. The van der Waals surface area contributed by atoms with Gasteiger partial charge in [-0.3, -0.25) is 0 Å². The van der Waals surface area contributed by atoms with Crippen LogP contribution in [0.1, 0.15) is 35.4 Å². The van der Waals surface area contributed by atoms with Crippen LogP contribution in [0, 0.1) is 13.8 Å². The quantitative estimate of drug-likeness (QED) is 0.455. The summed E-state index contributed by atoms with van der Waals surface area (Å²) in [5, 5.41) is 1.19. The van der Waals surface area contributed by atoms with Gasteiger partial charge in [0.15, 0.2) is 0 Å². The van der Waals surface area contributed by atoms with Crippen molar-refractivity contribution in [3.8, 4) is 11.3 Å². The molecule has 1 aromatic carbocycles. The normalized spacial score (nSPS) is 12.0. The summed E-state index contributed by atoms with van der Waals surface area (Å²) in [4.78, 5) is 17.2. The van der Waals surface area contributed by atoms with Crippen molar-refractivity contribution in [1.82, 2.24) is 4.98 Å². The molecule has 0 atom stereocenters. The number of H-pyrrole nitrogens is 1. The first-order valence-electron chi connectivity index (χ1n) is 8.11. The van der Waals surface area contributed by atoms with Gasteiger partial charge >= 0.3 is 0 Å². The zero-order chi connectivity index (χ0) is 17.5. The number of carbonyl (C=O) groups excluding carboxylic acids is 1. The van der Waals surface area contributed by atoms with Crippen molar-refractivity contribution < 1.29 is 4.79 Å². The summed E-state index contributed by atoms with van der Waals surface area (Å²) in [6.45, 7) is 8.15. The number of aryl methyl sites for hydroxylation is 3. The van der Waals surface area contributed by atoms with E-state index in [0.29, 0.717) is 5.88 Å². The molecule has 3 aromatic rings. The van der Waals surface area contributed by atoms with E-state index in [0.717, 1.165) is 28.1 Å². The van der Waals surface area contributed by atoms with E-state index in [1.807, 2.05) is 13.8 Å². The van der Waals surface area contributed by atoms with Crippen LogP contribution in [0.2, 0.25) is 0 Å². The van der Waals surface area contributed by atoms with Crippen molar-refractivity contribution >= 4 is 39.4 Å². The van der Waals surface area contributed by atoms with E-state index in [9.17, 15) is 4.79 Å². The molecule has 2 nitrogen and oxygen atoms in total. The van der Waals surface area contributed by atoms with Gasteiger partial charge in [-0.05, 0) is 63.4 Å². The zero-order valence-electron chi connectivity index (χ0n) is 14.5. The van der Waals surface area contributed by atoms with Crippen molar-refractivity contribution in [2.45, 2.75) is 39.5 Å². The number of aldehydes is 1. The smallest absolute Gasteiger partial charge is 0.130 e. The minimum absolute atomic E-state index is 0.456. The largest absolute Gasteiger partial charge is 0.346 e. The molecule has 2 heterocycles. The SMILES string of the molecule is Cc1cc(C)cc(-c2[nH]c3sc(C(C)(C)C=O)cc3c2CCCl)c1. The highest BCUT2D eigenvalue weighted by molar-refractivity contribution is 7.19. The highest BCUT2D eigenvalue weighted by Gasteiger charge is 2.25. The predicted octanol–water partition coefficient (Wildman–Crippen LogP) is 5.77. The lowest BCUT2D eigenvalue weighted by molar-refractivity contribution is -0.111. The van der Waals surface area contributed by atoms with Crippen molar-refractivity contribution in [3.05, 3.63) is 45.8 Å². The van der Waals surface area contributed by atoms with Gasteiger partial charge in [0.1, 0.15) is 11.1 Å². The Labute approximate surface area is 151 Å². The monoisotopic (exact) mass is 359 g/mol. The van der Waals surface area contributed by atoms with Gasteiger partial charge < -0.3 is 9.78 Å². The number of thiophene rings is 1. The van der Waals surface area contributed by atoms with Gasteiger partial charge in [-0.1, -0.05) is 17.2 Å². The van der Waals surface area contributed by atoms with E-state index in [1.54, 1.807) is 11.3 Å². The fourth-order valence-electron chi connectivity index (χ4n) is 3.13. The Kier molecular flexibility index (Phi) is 4.58. The van der Waals surface area contributed by atoms with Gasteiger partial charge in [-0.2, -0.15) is 0 Å². The third-order valence-corrected chi connectivity index (χ3v) is 5.96. The molecule has 4 heteroatoms. The molecule has 0 saturated carbocycles. The van der Waals surface area contributed by atoms with Gasteiger partial charge in [0.05, 0.1) is 11.1 Å². The Morgan fingerprint density at radius 2 is 1.83 bits per heavy atom. The number of alkyl halides is 1. The van der Waals surface area contributed by atoms with Crippen LogP contribution in [0.3, 0.4) is 0 Å². The van der Waals surface area contributed by atoms with Crippen LogP contribution in [0.15, 0.2) is 24.3 Å². The third kappa shape index (κ3) is 3.03. The number of halogens is 1. The van der Waals surface area contributed by atoms with Crippen LogP contribution in [0.4, 0.5) is 0 Å². The number of carbonyl (C=O) groups is 1. The molecule has 2 aromatic heterocycles. The summed E-state index contributed by atoms with van der Waals surface area (Å²) in [6, 6.07) is 8.74. The lowest BCUT2D eigenvalue weighted by Gasteiger charge is -2.13. The van der Waals surface area contributed by atoms with Crippen molar-refractivity contribution in [3.63, 3.8) is 0 Å². The first-order chi connectivity index (χ1) is 11.4. The molecular formula is C20H22ClNOS. The molecule has 126 valence electrons. The standard InChI is InChI=1S/C20H22ClNOS/c1-12-7-13(2)9-14(8-12)18-15(5-6-21)16-10-17(20(3,4)11-23)24-19(16)22-18/h7-11,22H,5-6H2,1-4H3. The summed E-state index contributed by atoms with van der Waals surface area (Å²) < 4.78 is 0. The molecular weight excluding hydrogens is 338 g/mol. The van der Waals surface area contributed by atoms with E-state index < -0.39 is 5.41 Å². The number of hydrogen-bond acceptors (Lipinski definition) is 2. The highest BCUT2D eigenvalue weighted by atomic mass is 35.5. The van der Waals surface area contributed by atoms with E-state index >= 15 is 0 Å². The van der Waals surface area contributed by atoms with Gasteiger partial charge in [0, 0.05) is 16.1 Å². The molecule has 1 N–H and O–H groups in total. The molecule has 0 bridgehead atoms. The molecule has 0 saturated heterocycles. The Morgan fingerprint density at radius 3 is 2.42 bits per heavy atom. The second-order valence-electron chi connectivity index (χ2n) is 6.99. The fourth-order valence-corrected chi connectivity index (χ4v) is 4.47. The van der Waals surface area contributed by atoms with E-state index in [1.165, 1.54) is 27.6 Å². The summed E-state index contributed by atoms with van der Waals surface area (Å²) in [5.74, 6) is 0.576. The average Bonchev–Trinajstić information content (AvgIpc) is 3.06. The minimum Gasteiger partial charge on any atom is -0.346 e. The Morgan fingerprint density at radius 1 is 1.17 bits per heavy atom. The number of nitrogens with one attached hydrogen (secondary N) is 1. The molecule has 0 unspecified atom stereocenters. The summed E-state index contributed by atoms with van der Waals surface area (Å²) >= 11 is 7.74. The second kappa shape index (κ2) is 6.38. The Bertz CT molecular complexity index is 884. The third-order valence-electron chi connectivity index (χ3n) is 4.38. The summed E-state index contributed by atoms with van der Waals surface area (Å²) in [7, 11) is 0. The van der Waals surface area contributed by atoms with Crippen LogP contribution in [-0.4, -0.2) is 17.2 Å². The van der Waals surface area contributed by atoms with Gasteiger partial charge in [0.2, 0.25) is 0 Å². The Balaban J connectivity index is 2.20. The second-order valence-corrected chi connectivity index (χ2v) is 8.42. The molecule has 3 rings (SSSR count). The van der Waals surface area contributed by atoms with Crippen LogP contribution in [0.5, 0.6) is 0 Å². The topological polar surface area (TPSA) is 32.9 Å². The fraction of sp³-hybridized carbons (Fsp3) is 0.350. The minimum atomic E-state index is -0.456. The average molecular weight is 360 g/mol. The number of hydrogen-bond donors (Lipinski definition) is 1. The van der Waals surface area contributed by atoms with Crippen LogP contribution < -0.4 is 0 Å². The highest BCUT2D eigenvalue weighted by Crippen LogP contribution is 2.39. The summed E-state index contributed by atoms with van der Waals surface area (Å²) in [5.41, 5.74) is 5.65. The van der Waals surface area contributed by atoms with Crippen LogP contribution in [-0.2, 0) is 16.6 Å². The first-order valence-corrected chi connectivity index (χ1v) is 9.46. The van der Waals surface area contributed by atoms with E-state index in [-0.39, 0.29) is 0 Å². The number of aromatic amines is 1. The van der Waals surface area contributed by atoms with Crippen LogP contribution in [0.25, 0.3) is 21.5 Å². The lowest BCUT2D eigenvalue weighted by Crippen LogP contribution is -2.16. The lowest BCUT2D eigenvalue weighted by atomic mass is 9.93. The maximum Gasteiger partial charge on any atom is 0.130 e. The molecule has 0 fully saturated rings. The first kappa shape index (κ1) is 17.2. The van der Waals surface area contributed by atoms with Crippen molar-refractivity contribution in [2.24, 2.45) is 0 Å². The van der Waals surface area contributed by atoms with Gasteiger partial charge in [-0.15, -0.1) is 22.9 Å². The molecule has 24 heavy (non-hydrogen) atoms. The molecule has 0 amide bonds. The molecule has 0 aliphatic heterocycles. The van der Waals surface area contributed by atoms with E-state index in [4.69, 9.17) is 11.6 Å². The predicted molar refractivity (Wildman–Crippen MR) is 105 cm³/mol. The molecule has 0 aliphatic rings. The number of fused-ring (bicyclic) bond motifs is 1. The number of rotatable bonds is 5. The summed E-state index contributed by atoms with van der Waals surface area (Å²) in [6.07, 6.45) is 1.82. The zero-order valence-corrected chi connectivity index (χ0v) is 16.1. The van der Waals surface area contributed by atoms with E-state index in [2.05, 4.69) is 43.1 Å². The molecule has 0 aliphatic carbocycles. The molecule has 0 spiro atoms. The van der Waals surface area contributed by atoms with Crippen LogP contribution >= 0.6 is 22.9 Å². The van der Waals surface area contributed by atoms with Crippen molar-refractivity contribution in [2.75, 3.05) is 5.88 Å². The maximum absolute atomic E-state index is 11.4. The Hall–Kier alpha value is -1.58. The number of benzene rings is 1.